The number of para-hydroxylation sites is 1. The molecule has 0 N–H and O–H groups in total. The molecule has 0 bridgehead atoms. The summed E-state index contributed by atoms with van der Waals surface area (Å²) < 4.78 is 12.5. The van der Waals surface area contributed by atoms with Gasteiger partial charge in [-0.15, -0.1) is 0 Å². The van der Waals surface area contributed by atoms with Gasteiger partial charge in [0.15, 0.2) is 5.60 Å². The summed E-state index contributed by atoms with van der Waals surface area (Å²) in [5.74, 6) is 0.834. The van der Waals surface area contributed by atoms with Crippen molar-refractivity contribution in [2.75, 3.05) is 0 Å². The lowest BCUT2D eigenvalue weighted by molar-refractivity contribution is 0.0949. The van der Waals surface area contributed by atoms with E-state index in [1.54, 1.807) is 6.20 Å². The summed E-state index contributed by atoms with van der Waals surface area (Å²) in [5, 5.41) is 1.12. The van der Waals surface area contributed by atoms with Gasteiger partial charge in [0.05, 0.1) is 5.52 Å². The summed E-state index contributed by atoms with van der Waals surface area (Å²) in [6.45, 7) is 3.66. The molecule has 0 amide bonds. The largest absolute Gasteiger partial charge is 0.509 e. The van der Waals surface area contributed by atoms with Crippen molar-refractivity contribution in [2.45, 2.75) is 25.6 Å². The number of carbonyl (C=O) groups is 1. The van der Waals surface area contributed by atoms with E-state index in [9.17, 15) is 4.79 Å². The highest BCUT2D eigenvalue weighted by Gasteiger charge is 2.42. The smallest absolute Gasteiger partial charge is 0.427 e. The van der Waals surface area contributed by atoms with Gasteiger partial charge in [-0.25, -0.2) is 9.78 Å². The maximum atomic E-state index is 11.4. The zero-order chi connectivity index (χ0) is 17.4. The molecule has 0 spiro atoms. The van der Waals surface area contributed by atoms with Crippen LogP contribution in [-0.4, -0.2) is 27.4 Å². The van der Waals surface area contributed by atoms with Gasteiger partial charge in [0.25, 0.3) is 0 Å². The fourth-order valence-corrected chi connectivity index (χ4v) is 3.01. The Kier molecular flexibility index (Phi) is 3.57. The topological polar surface area (TPSA) is 53.4 Å². The van der Waals surface area contributed by atoms with Crippen molar-refractivity contribution < 1.29 is 14.3 Å². The Morgan fingerprint density at radius 1 is 1.20 bits per heavy atom. The Morgan fingerprint density at radius 2 is 2.00 bits per heavy atom. The van der Waals surface area contributed by atoms with Crippen LogP contribution in [0.5, 0.6) is 0 Å². The van der Waals surface area contributed by atoms with Crippen LogP contribution in [0.1, 0.15) is 19.5 Å². The van der Waals surface area contributed by atoms with E-state index in [-0.39, 0.29) is 6.10 Å². The van der Waals surface area contributed by atoms with Gasteiger partial charge in [-0.3, -0.25) is 4.57 Å². The first kappa shape index (κ1) is 15.4. The minimum atomic E-state index is -0.789. The minimum Gasteiger partial charge on any atom is -0.427 e. The maximum Gasteiger partial charge on any atom is 0.509 e. The summed E-state index contributed by atoms with van der Waals surface area (Å²) in [6.07, 6.45) is 4.62. The second-order valence-corrected chi connectivity index (χ2v) is 6.28. The highest BCUT2D eigenvalue weighted by molar-refractivity contribution is 5.85. The zero-order valence-electron chi connectivity index (χ0n) is 14.0. The summed E-state index contributed by atoms with van der Waals surface area (Å²) in [4.78, 5) is 15.9. The maximum absolute atomic E-state index is 11.4. The van der Waals surface area contributed by atoms with E-state index >= 15 is 0 Å². The average molecular weight is 334 g/mol. The van der Waals surface area contributed by atoms with E-state index in [1.165, 1.54) is 0 Å². The van der Waals surface area contributed by atoms with Crippen molar-refractivity contribution >= 4 is 23.1 Å². The van der Waals surface area contributed by atoms with Crippen LogP contribution in [0.3, 0.4) is 0 Å². The van der Waals surface area contributed by atoms with Crippen LogP contribution in [0, 0.1) is 0 Å². The van der Waals surface area contributed by atoms with Gasteiger partial charge in [-0.1, -0.05) is 24.3 Å². The molecule has 1 aliphatic rings. The van der Waals surface area contributed by atoms with Crippen molar-refractivity contribution in [3.8, 4) is 5.82 Å². The van der Waals surface area contributed by atoms with Crippen LogP contribution >= 0.6 is 0 Å². The Balaban J connectivity index is 1.82. The summed E-state index contributed by atoms with van der Waals surface area (Å²) >= 11 is 0. The normalized spacial score (nSPS) is 23.1. The van der Waals surface area contributed by atoms with Crippen molar-refractivity contribution in [1.82, 2.24) is 9.55 Å². The first-order chi connectivity index (χ1) is 12.1. The number of pyridine rings is 1. The quantitative estimate of drug-likeness (QED) is 0.668. The molecule has 1 saturated heterocycles. The molecular formula is C20H18N2O3. The molecule has 0 saturated carbocycles. The summed E-state index contributed by atoms with van der Waals surface area (Å²) in [5.41, 5.74) is 1.23. The van der Waals surface area contributed by atoms with Gasteiger partial charge in [0, 0.05) is 17.3 Å². The lowest BCUT2D eigenvalue weighted by Gasteiger charge is -2.19. The van der Waals surface area contributed by atoms with Crippen LogP contribution in [0.15, 0.2) is 60.8 Å². The predicted octanol–water partition coefficient (Wildman–Crippen LogP) is 4.35. The molecule has 0 aliphatic carbocycles. The number of nitrogens with zero attached hydrogens (tertiary/aromatic N) is 2. The number of hydrogen-bond donors (Lipinski definition) is 0. The van der Waals surface area contributed by atoms with Crippen LogP contribution in [0.2, 0.25) is 0 Å². The molecular weight excluding hydrogens is 316 g/mol. The lowest BCUT2D eigenvalue weighted by Crippen LogP contribution is -2.31. The van der Waals surface area contributed by atoms with Crippen molar-refractivity contribution in [3.63, 3.8) is 0 Å². The monoisotopic (exact) mass is 334 g/mol. The molecule has 126 valence electrons. The second kappa shape index (κ2) is 5.77. The van der Waals surface area contributed by atoms with E-state index in [0.29, 0.717) is 0 Å². The molecule has 0 radical (unpaired) electrons. The van der Waals surface area contributed by atoms with E-state index in [1.807, 2.05) is 56.3 Å². The zero-order valence-corrected chi connectivity index (χ0v) is 14.0. The summed E-state index contributed by atoms with van der Waals surface area (Å²) in [6, 6.07) is 16.0. The van der Waals surface area contributed by atoms with Crippen LogP contribution in [0.4, 0.5) is 4.79 Å². The number of ether oxygens (including phenoxy) is 2. The molecule has 5 nitrogen and oxygen atoms in total. The molecule has 2 unspecified atom stereocenters. The van der Waals surface area contributed by atoms with E-state index < -0.39 is 11.8 Å². The fourth-order valence-electron chi connectivity index (χ4n) is 3.01. The highest BCUT2D eigenvalue weighted by Crippen LogP contribution is 2.30. The number of fused-ring (bicyclic) bond motifs is 1. The molecule has 1 aliphatic heterocycles. The standard InChI is InChI=1S/C20H18N2O3/c1-14-20(2,25-19(23)24-14)11-10-16-13-15-7-3-4-8-17(15)22(16)18-9-5-6-12-21-18/h3-14H,1-2H3/b11-10+. The Bertz CT molecular complexity index is 961. The highest BCUT2D eigenvalue weighted by atomic mass is 16.8. The van der Waals surface area contributed by atoms with Crippen LogP contribution in [-0.2, 0) is 9.47 Å². The fraction of sp³-hybridized carbons (Fsp3) is 0.200. The number of aromatic nitrogens is 2. The third-order valence-electron chi connectivity index (χ3n) is 4.59. The predicted molar refractivity (Wildman–Crippen MR) is 95.5 cm³/mol. The number of hydrogen-bond acceptors (Lipinski definition) is 4. The van der Waals surface area contributed by atoms with E-state index in [0.717, 1.165) is 22.4 Å². The third-order valence-corrected chi connectivity index (χ3v) is 4.59. The van der Waals surface area contributed by atoms with Gasteiger partial charge >= 0.3 is 6.16 Å². The van der Waals surface area contributed by atoms with Gasteiger partial charge in [0.1, 0.15) is 11.9 Å². The average Bonchev–Trinajstić information content (AvgIpc) is 3.10. The van der Waals surface area contributed by atoms with E-state index in [4.69, 9.17) is 9.47 Å². The Hall–Kier alpha value is -3.08. The van der Waals surface area contributed by atoms with Gasteiger partial charge in [-0.2, -0.15) is 0 Å². The van der Waals surface area contributed by atoms with E-state index in [2.05, 4.69) is 27.8 Å². The number of rotatable bonds is 3. The molecule has 2 atom stereocenters. The molecule has 1 aromatic carbocycles. The SMILES string of the molecule is CC1OC(=O)OC1(C)/C=C/c1cc2ccccc2n1-c1ccccn1. The second-order valence-electron chi connectivity index (χ2n) is 6.28. The summed E-state index contributed by atoms with van der Waals surface area (Å²) in [7, 11) is 0. The molecule has 3 aromatic rings. The molecule has 2 aromatic heterocycles. The van der Waals surface area contributed by atoms with Gasteiger partial charge in [-0.05, 0) is 50.3 Å². The van der Waals surface area contributed by atoms with Crippen molar-refractivity contribution in [3.05, 3.63) is 66.5 Å². The Morgan fingerprint density at radius 3 is 2.72 bits per heavy atom. The first-order valence-corrected chi connectivity index (χ1v) is 8.17. The Labute approximate surface area is 145 Å². The molecule has 1 fully saturated rings. The van der Waals surface area contributed by atoms with Crippen LogP contribution < -0.4 is 0 Å². The third kappa shape index (κ3) is 2.67. The van der Waals surface area contributed by atoms with Crippen LogP contribution in [0.25, 0.3) is 22.8 Å². The molecule has 3 heterocycles. The molecule has 4 rings (SSSR count). The number of benzene rings is 1. The first-order valence-electron chi connectivity index (χ1n) is 8.17. The molecule has 5 heteroatoms. The van der Waals surface area contributed by atoms with Crippen molar-refractivity contribution in [1.29, 1.82) is 0 Å². The molecule has 25 heavy (non-hydrogen) atoms. The van der Waals surface area contributed by atoms with Gasteiger partial charge in [0.2, 0.25) is 0 Å². The minimum absolute atomic E-state index is 0.344. The number of carbonyl (C=O) groups excluding carboxylic acids is 1. The lowest BCUT2D eigenvalue weighted by atomic mass is 10.00. The van der Waals surface area contributed by atoms with Gasteiger partial charge < -0.3 is 9.47 Å². The number of cyclic esters (lactones) is 2. The van der Waals surface area contributed by atoms with Crippen molar-refractivity contribution in [2.24, 2.45) is 0 Å².